The zero-order valence-corrected chi connectivity index (χ0v) is 21.9. The van der Waals surface area contributed by atoms with Crippen molar-refractivity contribution in [2.45, 2.75) is 51.5 Å². The van der Waals surface area contributed by atoms with Gasteiger partial charge in [0.1, 0.15) is 11.5 Å². The maximum absolute atomic E-state index is 13.0. The molecular formula is C24H34N3O5S2+. The van der Waals surface area contributed by atoms with E-state index in [0.29, 0.717) is 29.2 Å². The van der Waals surface area contributed by atoms with Crippen LogP contribution in [0.2, 0.25) is 0 Å². The van der Waals surface area contributed by atoms with Gasteiger partial charge in [-0.2, -0.15) is 4.31 Å². The second-order valence-electron chi connectivity index (χ2n) is 8.36. The lowest BCUT2D eigenvalue weighted by Crippen LogP contribution is -3.11. The molecule has 0 bridgehead atoms. The van der Waals surface area contributed by atoms with Crippen molar-refractivity contribution in [2.24, 2.45) is 0 Å². The van der Waals surface area contributed by atoms with Crippen LogP contribution in [-0.4, -0.2) is 57.9 Å². The van der Waals surface area contributed by atoms with Gasteiger partial charge in [-0.25, -0.2) is 13.2 Å². The molecule has 0 spiro atoms. The van der Waals surface area contributed by atoms with Crippen molar-refractivity contribution in [2.75, 3.05) is 38.6 Å². The maximum Gasteiger partial charge on any atom is 0.341 e. The Labute approximate surface area is 205 Å². The standard InChI is InChI=1S/C24H33N3O5S2/c1-5-13-27(14-6-2)34(30,31)18-10-8-17(9-11-18)22(28)25-23-21(24(29)32-4)19-12-15-26(7-3)16-20(19)33-23/h8-11H,5-7,12-16H2,1-4H3,(H,25,28)/p+1. The Morgan fingerprint density at radius 1 is 1.12 bits per heavy atom. The molecule has 1 aliphatic heterocycles. The highest BCUT2D eigenvalue weighted by atomic mass is 32.2. The molecule has 1 atom stereocenters. The fourth-order valence-electron chi connectivity index (χ4n) is 4.20. The molecule has 1 aliphatic rings. The number of carbonyl (C=O) groups is 2. The van der Waals surface area contributed by atoms with Crippen LogP contribution in [-0.2, 0) is 27.7 Å². The summed E-state index contributed by atoms with van der Waals surface area (Å²) in [6.45, 7) is 9.66. The lowest BCUT2D eigenvalue weighted by atomic mass is 10.0. The summed E-state index contributed by atoms with van der Waals surface area (Å²) in [4.78, 5) is 28.2. The number of rotatable bonds is 10. The molecule has 0 aliphatic carbocycles. The Morgan fingerprint density at radius 3 is 2.32 bits per heavy atom. The van der Waals surface area contributed by atoms with Gasteiger partial charge in [0.05, 0.1) is 35.5 Å². The normalized spacial score (nSPS) is 15.7. The second-order valence-corrected chi connectivity index (χ2v) is 11.4. The van der Waals surface area contributed by atoms with E-state index in [1.165, 1.54) is 51.9 Å². The van der Waals surface area contributed by atoms with Crippen LogP contribution in [0.1, 0.15) is 64.8 Å². The van der Waals surface area contributed by atoms with E-state index in [2.05, 4.69) is 12.2 Å². The summed E-state index contributed by atoms with van der Waals surface area (Å²) in [5, 5.41) is 3.34. The van der Waals surface area contributed by atoms with E-state index in [1.807, 2.05) is 13.8 Å². The average molecular weight is 509 g/mol. The molecule has 0 radical (unpaired) electrons. The van der Waals surface area contributed by atoms with Crippen molar-refractivity contribution in [1.82, 2.24) is 4.31 Å². The van der Waals surface area contributed by atoms with Gasteiger partial charge in [0.25, 0.3) is 5.91 Å². The van der Waals surface area contributed by atoms with Gasteiger partial charge >= 0.3 is 5.97 Å². The molecule has 34 heavy (non-hydrogen) atoms. The third-order valence-corrected chi connectivity index (χ3v) is 9.11. The molecule has 8 nitrogen and oxygen atoms in total. The van der Waals surface area contributed by atoms with Crippen molar-refractivity contribution >= 4 is 38.2 Å². The Bertz CT molecular complexity index is 1120. The molecule has 2 heterocycles. The van der Waals surface area contributed by atoms with E-state index < -0.39 is 21.9 Å². The minimum atomic E-state index is -3.62. The maximum atomic E-state index is 13.0. The summed E-state index contributed by atoms with van der Waals surface area (Å²) in [5.41, 5.74) is 1.71. The molecule has 0 fully saturated rings. The van der Waals surface area contributed by atoms with Gasteiger partial charge in [0.2, 0.25) is 10.0 Å². The molecule has 3 rings (SSSR count). The van der Waals surface area contributed by atoms with Crippen molar-refractivity contribution in [1.29, 1.82) is 0 Å². The Kier molecular flexibility index (Phi) is 8.86. The fourth-order valence-corrected chi connectivity index (χ4v) is 7.12. The highest BCUT2D eigenvalue weighted by Crippen LogP contribution is 2.35. The van der Waals surface area contributed by atoms with Crippen LogP contribution in [0, 0.1) is 0 Å². The van der Waals surface area contributed by atoms with E-state index in [0.717, 1.165) is 49.3 Å². The molecule has 2 N–H and O–H groups in total. The Hall–Kier alpha value is -2.27. The number of ether oxygens (including phenoxy) is 1. The van der Waals surface area contributed by atoms with E-state index in [9.17, 15) is 18.0 Å². The number of amides is 1. The van der Waals surface area contributed by atoms with Gasteiger partial charge in [-0.05, 0) is 49.6 Å². The Balaban J connectivity index is 1.84. The highest BCUT2D eigenvalue weighted by molar-refractivity contribution is 7.89. The molecule has 1 aromatic heterocycles. The summed E-state index contributed by atoms with van der Waals surface area (Å²) >= 11 is 1.41. The molecular weight excluding hydrogens is 474 g/mol. The number of anilines is 1. The van der Waals surface area contributed by atoms with E-state index >= 15 is 0 Å². The van der Waals surface area contributed by atoms with Crippen molar-refractivity contribution in [3.63, 3.8) is 0 Å². The molecule has 1 unspecified atom stereocenters. The molecule has 186 valence electrons. The minimum absolute atomic E-state index is 0.162. The lowest BCUT2D eigenvalue weighted by Gasteiger charge is -2.22. The monoisotopic (exact) mass is 508 g/mol. The number of sulfonamides is 1. The zero-order valence-electron chi connectivity index (χ0n) is 20.3. The first-order valence-electron chi connectivity index (χ1n) is 11.7. The van der Waals surface area contributed by atoms with Gasteiger partial charge in [-0.3, -0.25) is 4.79 Å². The second kappa shape index (κ2) is 11.4. The first-order chi connectivity index (χ1) is 16.3. The van der Waals surface area contributed by atoms with Crippen LogP contribution < -0.4 is 10.2 Å². The molecule has 1 aromatic carbocycles. The third kappa shape index (κ3) is 5.51. The van der Waals surface area contributed by atoms with Crippen LogP contribution in [0.25, 0.3) is 0 Å². The van der Waals surface area contributed by atoms with Gasteiger partial charge in [0.15, 0.2) is 0 Å². The topological polar surface area (TPSA) is 97.2 Å². The SMILES string of the molecule is CCCN(CCC)S(=O)(=O)c1ccc(C(=O)Nc2sc3c(c2C(=O)OC)CC[NH+](CC)C3)cc1. The third-order valence-electron chi connectivity index (χ3n) is 6.05. The summed E-state index contributed by atoms with van der Waals surface area (Å²) in [5.74, 6) is -0.854. The quantitative estimate of drug-likeness (QED) is 0.481. The first kappa shape index (κ1) is 26.3. The molecule has 2 aromatic rings. The van der Waals surface area contributed by atoms with Gasteiger partial charge in [-0.1, -0.05) is 13.8 Å². The number of carbonyl (C=O) groups excluding carboxylic acids is 2. The summed E-state index contributed by atoms with van der Waals surface area (Å²) in [6, 6.07) is 5.94. The van der Waals surface area contributed by atoms with E-state index in [1.54, 1.807) is 0 Å². The smallest absolute Gasteiger partial charge is 0.341 e. The van der Waals surface area contributed by atoms with Crippen LogP contribution in [0.5, 0.6) is 0 Å². The number of hydrogen-bond donors (Lipinski definition) is 2. The first-order valence-corrected chi connectivity index (χ1v) is 14.0. The predicted molar refractivity (Wildman–Crippen MR) is 133 cm³/mol. The number of esters is 1. The summed E-state index contributed by atoms with van der Waals surface area (Å²) < 4.78 is 32.4. The largest absolute Gasteiger partial charge is 0.465 e. The minimum Gasteiger partial charge on any atom is -0.465 e. The van der Waals surface area contributed by atoms with E-state index in [-0.39, 0.29) is 4.90 Å². The number of fused-ring (bicyclic) bond motifs is 1. The zero-order chi connectivity index (χ0) is 24.9. The number of nitrogens with zero attached hydrogens (tertiary/aromatic N) is 1. The average Bonchev–Trinajstić information content (AvgIpc) is 3.20. The predicted octanol–water partition coefficient (Wildman–Crippen LogP) is 2.56. The van der Waals surface area contributed by atoms with Crippen LogP contribution in [0.4, 0.5) is 5.00 Å². The number of nitrogens with one attached hydrogen (secondary N) is 2. The van der Waals surface area contributed by atoms with Crippen molar-refractivity contribution in [3.8, 4) is 0 Å². The molecule has 0 saturated carbocycles. The number of likely N-dealkylation sites (N-methyl/N-ethyl adjacent to an activating group) is 1. The van der Waals surface area contributed by atoms with E-state index in [4.69, 9.17) is 4.74 Å². The highest BCUT2D eigenvalue weighted by Gasteiger charge is 2.31. The number of quaternary nitrogens is 1. The summed E-state index contributed by atoms with van der Waals surface area (Å²) in [7, 11) is -2.28. The lowest BCUT2D eigenvalue weighted by molar-refractivity contribution is -0.913. The number of thiophene rings is 1. The van der Waals surface area contributed by atoms with Crippen LogP contribution >= 0.6 is 11.3 Å². The van der Waals surface area contributed by atoms with Crippen molar-refractivity contribution < 1.29 is 27.6 Å². The van der Waals surface area contributed by atoms with Crippen LogP contribution in [0.15, 0.2) is 29.2 Å². The van der Waals surface area contributed by atoms with Crippen molar-refractivity contribution in [3.05, 3.63) is 45.8 Å². The van der Waals surface area contributed by atoms with Gasteiger partial charge < -0.3 is 15.0 Å². The summed E-state index contributed by atoms with van der Waals surface area (Å²) in [6.07, 6.45) is 2.21. The molecule has 1 amide bonds. The van der Waals surface area contributed by atoms with Gasteiger partial charge in [0, 0.05) is 25.1 Å². The molecule has 0 saturated heterocycles. The molecule has 10 heteroatoms. The number of hydrogen-bond acceptors (Lipinski definition) is 6. The fraction of sp³-hybridized carbons (Fsp3) is 0.500. The number of methoxy groups -OCH3 is 1. The number of benzene rings is 1. The Morgan fingerprint density at radius 2 is 1.76 bits per heavy atom. The van der Waals surface area contributed by atoms with Gasteiger partial charge in [-0.15, -0.1) is 11.3 Å². The van der Waals surface area contributed by atoms with Crippen LogP contribution in [0.3, 0.4) is 0 Å².